The molecule has 1 aliphatic rings. The highest BCUT2D eigenvalue weighted by Crippen LogP contribution is 2.17. The van der Waals surface area contributed by atoms with Gasteiger partial charge >= 0.3 is 0 Å². The smallest absolute Gasteiger partial charge is 0.253 e. The Hall–Kier alpha value is -1.06. The van der Waals surface area contributed by atoms with Crippen LogP contribution in [0.3, 0.4) is 0 Å². The van der Waals surface area contributed by atoms with Crippen molar-refractivity contribution < 1.29 is 9.53 Å². The summed E-state index contributed by atoms with van der Waals surface area (Å²) in [6.45, 7) is 1.44. The fraction of sp³-hybridized carbons (Fsp3) is 0.417. The highest BCUT2D eigenvalue weighted by atomic mass is 35.5. The molecule has 0 aromatic heterocycles. The molecule has 0 saturated carbocycles. The molecule has 1 aliphatic heterocycles. The summed E-state index contributed by atoms with van der Waals surface area (Å²) in [6.07, 6.45) is 1.09. The van der Waals surface area contributed by atoms with Gasteiger partial charge in [0.15, 0.2) is 0 Å². The van der Waals surface area contributed by atoms with Crippen molar-refractivity contribution in [1.29, 1.82) is 0 Å². The second kappa shape index (κ2) is 4.85. The first kappa shape index (κ1) is 11.4. The molecule has 1 heterocycles. The van der Waals surface area contributed by atoms with Gasteiger partial charge in [-0.1, -0.05) is 11.6 Å². The van der Waals surface area contributed by atoms with Gasteiger partial charge in [0.05, 0.1) is 6.10 Å². The molecule has 2 rings (SSSR count). The number of nitrogens with zero attached hydrogens (tertiary/aromatic N) is 1. The summed E-state index contributed by atoms with van der Waals surface area (Å²) in [5.41, 5.74) is 0.682. The SMILES string of the molecule is COC1CCN(C(=O)c2ccc(Cl)cc2)C1. The van der Waals surface area contributed by atoms with Crippen LogP contribution in [0.15, 0.2) is 24.3 Å². The van der Waals surface area contributed by atoms with Gasteiger partial charge in [0, 0.05) is 30.8 Å². The number of hydrogen-bond donors (Lipinski definition) is 0. The van der Waals surface area contributed by atoms with Crippen LogP contribution in [0.4, 0.5) is 0 Å². The van der Waals surface area contributed by atoms with E-state index in [4.69, 9.17) is 16.3 Å². The summed E-state index contributed by atoms with van der Waals surface area (Å²) in [7, 11) is 1.68. The van der Waals surface area contributed by atoms with Crippen molar-refractivity contribution in [2.45, 2.75) is 12.5 Å². The van der Waals surface area contributed by atoms with Crippen LogP contribution in [0.2, 0.25) is 5.02 Å². The molecule has 86 valence electrons. The van der Waals surface area contributed by atoms with Crippen molar-refractivity contribution in [2.75, 3.05) is 20.2 Å². The highest BCUT2D eigenvalue weighted by Gasteiger charge is 2.26. The van der Waals surface area contributed by atoms with Crippen molar-refractivity contribution in [2.24, 2.45) is 0 Å². The standard InChI is InChI=1S/C12H14ClNO2/c1-16-11-6-7-14(8-11)12(15)9-2-4-10(13)5-3-9/h2-5,11H,6-8H2,1H3. The number of methoxy groups -OCH3 is 1. The first-order chi connectivity index (χ1) is 7.70. The minimum Gasteiger partial charge on any atom is -0.380 e. The van der Waals surface area contributed by atoms with E-state index >= 15 is 0 Å². The van der Waals surface area contributed by atoms with Gasteiger partial charge in [0.1, 0.15) is 0 Å². The van der Waals surface area contributed by atoms with Gasteiger partial charge in [0.2, 0.25) is 0 Å². The third kappa shape index (κ3) is 2.36. The summed E-state index contributed by atoms with van der Waals surface area (Å²) in [5, 5.41) is 0.646. The Bertz CT molecular complexity index is 377. The molecule has 0 radical (unpaired) electrons. The number of ether oxygens (including phenoxy) is 1. The third-order valence-electron chi connectivity index (χ3n) is 2.86. The zero-order valence-corrected chi connectivity index (χ0v) is 9.91. The zero-order valence-electron chi connectivity index (χ0n) is 9.15. The Morgan fingerprint density at radius 1 is 1.44 bits per heavy atom. The van der Waals surface area contributed by atoms with Crippen LogP contribution < -0.4 is 0 Å². The van der Waals surface area contributed by atoms with Gasteiger partial charge in [-0.05, 0) is 30.7 Å². The average molecular weight is 240 g/mol. The molecule has 3 nitrogen and oxygen atoms in total. The van der Waals surface area contributed by atoms with Crippen LogP contribution >= 0.6 is 11.6 Å². The fourth-order valence-electron chi connectivity index (χ4n) is 1.88. The van der Waals surface area contributed by atoms with Gasteiger partial charge in [-0.2, -0.15) is 0 Å². The lowest BCUT2D eigenvalue weighted by molar-refractivity contribution is 0.0724. The van der Waals surface area contributed by atoms with E-state index < -0.39 is 0 Å². The third-order valence-corrected chi connectivity index (χ3v) is 3.11. The number of rotatable bonds is 2. The molecule has 1 amide bonds. The maximum absolute atomic E-state index is 12.0. The Morgan fingerprint density at radius 3 is 2.69 bits per heavy atom. The van der Waals surface area contributed by atoms with Gasteiger partial charge in [-0.3, -0.25) is 4.79 Å². The number of hydrogen-bond acceptors (Lipinski definition) is 2. The molecule has 1 fully saturated rings. The second-order valence-electron chi connectivity index (χ2n) is 3.90. The summed E-state index contributed by atoms with van der Waals surface area (Å²) in [5.74, 6) is 0.0521. The molecule has 16 heavy (non-hydrogen) atoms. The lowest BCUT2D eigenvalue weighted by Crippen LogP contribution is -2.29. The predicted octanol–water partition coefficient (Wildman–Crippen LogP) is 2.20. The molecule has 0 aliphatic carbocycles. The van der Waals surface area contributed by atoms with Crippen molar-refractivity contribution in [3.8, 4) is 0 Å². The van der Waals surface area contributed by atoms with Crippen LogP contribution in [0.25, 0.3) is 0 Å². The van der Waals surface area contributed by atoms with Crippen molar-refractivity contribution >= 4 is 17.5 Å². The van der Waals surface area contributed by atoms with E-state index in [2.05, 4.69) is 0 Å². The van der Waals surface area contributed by atoms with Gasteiger partial charge in [-0.25, -0.2) is 0 Å². The number of likely N-dealkylation sites (tertiary alicyclic amines) is 1. The molecule has 4 heteroatoms. The molecule has 0 bridgehead atoms. The largest absolute Gasteiger partial charge is 0.380 e. The Morgan fingerprint density at radius 2 is 2.12 bits per heavy atom. The monoisotopic (exact) mass is 239 g/mol. The van der Waals surface area contributed by atoms with Crippen LogP contribution in [-0.4, -0.2) is 37.1 Å². The molecule has 1 atom stereocenters. The van der Waals surface area contributed by atoms with Gasteiger partial charge in [-0.15, -0.1) is 0 Å². The first-order valence-corrected chi connectivity index (χ1v) is 5.66. The maximum atomic E-state index is 12.0. The first-order valence-electron chi connectivity index (χ1n) is 5.28. The highest BCUT2D eigenvalue weighted by molar-refractivity contribution is 6.30. The maximum Gasteiger partial charge on any atom is 0.253 e. The van der Waals surface area contributed by atoms with E-state index in [1.807, 2.05) is 4.90 Å². The van der Waals surface area contributed by atoms with E-state index in [0.717, 1.165) is 13.0 Å². The summed E-state index contributed by atoms with van der Waals surface area (Å²) in [6, 6.07) is 6.98. The zero-order chi connectivity index (χ0) is 11.5. The molecule has 1 aromatic rings. The summed E-state index contributed by atoms with van der Waals surface area (Å²) < 4.78 is 5.23. The van der Waals surface area contributed by atoms with Gasteiger partial charge < -0.3 is 9.64 Å². The molecule has 0 N–H and O–H groups in total. The molecular formula is C12H14ClNO2. The topological polar surface area (TPSA) is 29.5 Å². The van der Waals surface area contributed by atoms with Crippen molar-refractivity contribution in [3.63, 3.8) is 0 Å². The van der Waals surface area contributed by atoms with Crippen LogP contribution in [-0.2, 0) is 4.74 Å². The Kier molecular flexibility index (Phi) is 3.46. The van der Waals surface area contributed by atoms with E-state index in [-0.39, 0.29) is 12.0 Å². The van der Waals surface area contributed by atoms with E-state index in [1.54, 1.807) is 31.4 Å². The lowest BCUT2D eigenvalue weighted by Gasteiger charge is -2.16. The predicted molar refractivity (Wildman–Crippen MR) is 62.8 cm³/mol. The molecule has 0 spiro atoms. The van der Waals surface area contributed by atoms with Crippen molar-refractivity contribution in [3.05, 3.63) is 34.9 Å². The van der Waals surface area contributed by atoms with E-state index in [0.29, 0.717) is 17.1 Å². The van der Waals surface area contributed by atoms with E-state index in [9.17, 15) is 4.79 Å². The summed E-state index contributed by atoms with van der Waals surface area (Å²) in [4.78, 5) is 13.9. The number of carbonyl (C=O) groups is 1. The molecule has 1 saturated heterocycles. The summed E-state index contributed by atoms with van der Waals surface area (Å²) >= 11 is 5.78. The molecule has 1 aromatic carbocycles. The normalized spacial score (nSPS) is 20.1. The quantitative estimate of drug-likeness (QED) is 0.792. The Balaban J connectivity index is 2.05. The fourth-order valence-corrected chi connectivity index (χ4v) is 2.01. The van der Waals surface area contributed by atoms with Crippen LogP contribution in [0.5, 0.6) is 0 Å². The average Bonchev–Trinajstić information content (AvgIpc) is 2.77. The molecule has 1 unspecified atom stereocenters. The number of halogens is 1. The lowest BCUT2D eigenvalue weighted by atomic mass is 10.2. The number of carbonyl (C=O) groups excluding carboxylic acids is 1. The minimum absolute atomic E-state index is 0.0521. The second-order valence-corrected chi connectivity index (χ2v) is 4.34. The van der Waals surface area contributed by atoms with Crippen molar-refractivity contribution in [1.82, 2.24) is 4.90 Å². The molecular weight excluding hydrogens is 226 g/mol. The number of benzene rings is 1. The minimum atomic E-state index is 0.0521. The van der Waals surface area contributed by atoms with Crippen LogP contribution in [0, 0.1) is 0 Å². The van der Waals surface area contributed by atoms with Crippen LogP contribution in [0.1, 0.15) is 16.8 Å². The van der Waals surface area contributed by atoms with Gasteiger partial charge in [0.25, 0.3) is 5.91 Å². The Labute approximate surface area is 100.0 Å². The number of amides is 1. The van der Waals surface area contributed by atoms with E-state index in [1.165, 1.54) is 0 Å².